The van der Waals surface area contributed by atoms with Gasteiger partial charge in [0.2, 0.25) is 0 Å². The average Bonchev–Trinajstić information content (AvgIpc) is 2.80. The largest absolute Gasteiger partial charge is 0.457 e. The minimum Gasteiger partial charge on any atom is -0.457 e. The lowest BCUT2D eigenvalue weighted by Gasteiger charge is -2.35. The van der Waals surface area contributed by atoms with Crippen LogP contribution in [0.1, 0.15) is 104 Å². The fourth-order valence-electron chi connectivity index (χ4n) is 3.61. The van der Waals surface area contributed by atoms with Crippen LogP contribution >= 0.6 is 0 Å². The van der Waals surface area contributed by atoms with Crippen molar-refractivity contribution >= 4 is 11.8 Å². The summed E-state index contributed by atoms with van der Waals surface area (Å²) in [4.78, 5) is 24.5. The summed E-state index contributed by atoms with van der Waals surface area (Å²) in [5.41, 5.74) is -2.60. The average molecular weight is 463 g/mol. The van der Waals surface area contributed by atoms with Gasteiger partial charge in [-0.3, -0.25) is 9.59 Å². The molecule has 0 aromatic heterocycles. The number of ether oxygens (including phenoxy) is 1. The van der Waals surface area contributed by atoms with Gasteiger partial charge in [0.25, 0.3) is 0 Å². The first-order chi connectivity index (χ1) is 15.3. The normalized spacial score (nSPS) is 16.2. The molecule has 0 saturated heterocycles. The van der Waals surface area contributed by atoms with E-state index in [-0.39, 0.29) is 12.8 Å². The molecule has 0 amide bonds. The molecule has 0 bridgehead atoms. The summed E-state index contributed by atoms with van der Waals surface area (Å²) >= 11 is 0. The Labute approximate surface area is 193 Å². The third-order valence-electron chi connectivity index (χ3n) is 5.87. The second-order valence-corrected chi connectivity index (χ2v) is 8.69. The summed E-state index contributed by atoms with van der Waals surface area (Å²) in [6.07, 6.45) is 5.82. The third kappa shape index (κ3) is 11.7. The molecule has 0 aliphatic heterocycles. The number of rotatable bonds is 21. The van der Waals surface area contributed by atoms with Gasteiger partial charge in [-0.2, -0.15) is 0 Å². The molecule has 4 atom stereocenters. The molecule has 0 radical (unpaired) electrons. The molecule has 0 fully saturated rings. The van der Waals surface area contributed by atoms with Gasteiger partial charge in [0.05, 0.1) is 13.2 Å². The second kappa shape index (κ2) is 18.4. The first-order valence-corrected chi connectivity index (χ1v) is 12.3. The van der Waals surface area contributed by atoms with Crippen LogP contribution < -0.4 is 0 Å². The van der Waals surface area contributed by atoms with Gasteiger partial charge in [-0.15, -0.1) is 0 Å². The van der Waals surface area contributed by atoms with Crippen LogP contribution in [-0.4, -0.2) is 74.4 Å². The monoisotopic (exact) mass is 462 g/mol. The van der Waals surface area contributed by atoms with Gasteiger partial charge in [0.15, 0.2) is 17.5 Å². The van der Waals surface area contributed by atoms with Crippen molar-refractivity contribution in [2.45, 2.75) is 128 Å². The van der Waals surface area contributed by atoms with Crippen molar-refractivity contribution in [3.8, 4) is 0 Å². The van der Waals surface area contributed by atoms with Gasteiger partial charge in [0, 0.05) is 12.8 Å². The Morgan fingerprint density at radius 3 is 1.72 bits per heavy atom. The van der Waals surface area contributed by atoms with Crippen molar-refractivity contribution in [2.75, 3.05) is 13.2 Å². The summed E-state index contributed by atoms with van der Waals surface area (Å²) in [5.74, 6) is -1.44. The summed E-state index contributed by atoms with van der Waals surface area (Å²) in [6.45, 7) is 2.33. The lowest BCUT2D eigenvalue weighted by atomic mass is 9.85. The summed E-state index contributed by atoms with van der Waals surface area (Å²) in [7, 11) is 0. The number of Topliss-reactive ketones (excluding diaryl/α,β-unsaturated/α-hetero) is 1. The zero-order chi connectivity index (χ0) is 24.4. The topological polar surface area (TPSA) is 145 Å². The predicted molar refractivity (Wildman–Crippen MR) is 122 cm³/mol. The quantitative estimate of drug-likeness (QED) is 0.129. The smallest absolute Gasteiger partial charge is 0.306 e. The molecule has 8 nitrogen and oxygen atoms in total. The highest BCUT2D eigenvalue weighted by atomic mass is 16.6. The molecule has 0 spiro atoms. The molecule has 0 unspecified atom stereocenters. The van der Waals surface area contributed by atoms with E-state index in [1.807, 2.05) is 0 Å². The third-order valence-corrected chi connectivity index (χ3v) is 5.87. The highest BCUT2D eigenvalue weighted by molar-refractivity contribution is 5.88. The molecule has 32 heavy (non-hydrogen) atoms. The van der Waals surface area contributed by atoms with Crippen molar-refractivity contribution in [3.63, 3.8) is 0 Å². The molecule has 0 rings (SSSR count). The highest BCUT2D eigenvalue weighted by Crippen LogP contribution is 2.22. The number of esters is 1. The molecular weight excluding hydrogens is 416 g/mol. The van der Waals surface area contributed by atoms with Crippen LogP contribution in [0.3, 0.4) is 0 Å². The van der Waals surface area contributed by atoms with Gasteiger partial charge in [-0.1, -0.05) is 78.1 Å². The number of carbonyl (C=O) groups excluding carboxylic acids is 2. The number of aliphatic hydroxyl groups is 5. The Balaban J connectivity index is 4.66. The minimum atomic E-state index is -2.60. The number of aliphatic hydroxyl groups excluding tert-OH is 4. The number of ketones is 1. The zero-order valence-electron chi connectivity index (χ0n) is 20.0. The summed E-state index contributed by atoms with van der Waals surface area (Å²) in [6, 6.07) is 0. The van der Waals surface area contributed by atoms with E-state index in [2.05, 4.69) is 13.8 Å². The predicted octanol–water partition coefficient (Wildman–Crippen LogP) is 2.41. The van der Waals surface area contributed by atoms with Crippen molar-refractivity contribution in [1.82, 2.24) is 0 Å². The Morgan fingerprint density at radius 2 is 1.25 bits per heavy atom. The van der Waals surface area contributed by atoms with Crippen molar-refractivity contribution in [2.24, 2.45) is 0 Å². The van der Waals surface area contributed by atoms with Crippen LogP contribution in [0.25, 0.3) is 0 Å². The van der Waals surface area contributed by atoms with E-state index in [4.69, 9.17) is 4.74 Å². The fourth-order valence-corrected chi connectivity index (χ4v) is 3.61. The Morgan fingerprint density at radius 1 is 0.781 bits per heavy atom. The lowest BCUT2D eigenvalue weighted by Crippen LogP contribution is -2.60. The summed E-state index contributed by atoms with van der Waals surface area (Å²) in [5, 5.41) is 50.4. The Bertz CT molecular complexity index is 498. The van der Waals surface area contributed by atoms with Crippen LogP contribution in [0.15, 0.2) is 0 Å². The number of unbranched alkanes of at least 4 members (excludes halogenated alkanes) is 10. The van der Waals surface area contributed by atoms with E-state index in [0.29, 0.717) is 12.8 Å². The number of carbonyl (C=O) groups is 2. The standard InChI is InChI=1S/C24H46O8/c1-3-5-7-9-11-13-15-20(27)24(31,18-26)23(30)22(29)19(17-25)32-21(28)16-14-12-10-8-6-4-2/h19,22-23,25-26,29-31H,3-18H2,1-2H3/t19-,22-,23+,24-/m1/s1. The van der Waals surface area contributed by atoms with E-state index in [9.17, 15) is 35.1 Å². The Kier molecular flexibility index (Phi) is 17.8. The fraction of sp³-hybridized carbons (Fsp3) is 0.917. The van der Waals surface area contributed by atoms with E-state index < -0.39 is 48.9 Å². The van der Waals surface area contributed by atoms with Crippen molar-refractivity contribution in [1.29, 1.82) is 0 Å². The van der Waals surface area contributed by atoms with Crippen LogP contribution in [-0.2, 0) is 14.3 Å². The van der Waals surface area contributed by atoms with E-state index in [0.717, 1.165) is 64.2 Å². The lowest BCUT2D eigenvalue weighted by molar-refractivity contribution is -0.192. The second-order valence-electron chi connectivity index (χ2n) is 8.69. The molecule has 8 heteroatoms. The highest BCUT2D eigenvalue weighted by Gasteiger charge is 2.48. The maximum atomic E-state index is 12.5. The molecule has 0 aromatic rings. The zero-order valence-corrected chi connectivity index (χ0v) is 20.0. The molecular formula is C24H46O8. The molecule has 0 aliphatic carbocycles. The van der Waals surface area contributed by atoms with Gasteiger partial charge < -0.3 is 30.3 Å². The number of hydrogen-bond donors (Lipinski definition) is 5. The summed E-state index contributed by atoms with van der Waals surface area (Å²) < 4.78 is 5.06. The van der Waals surface area contributed by atoms with E-state index in [1.165, 1.54) is 0 Å². The molecule has 0 aliphatic rings. The first-order valence-electron chi connectivity index (χ1n) is 12.3. The van der Waals surface area contributed by atoms with Crippen LogP contribution in [0.2, 0.25) is 0 Å². The first kappa shape index (κ1) is 30.9. The van der Waals surface area contributed by atoms with Crippen molar-refractivity contribution in [3.05, 3.63) is 0 Å². The van der Waals surface area contributed by atoms with Gasteiger partial charge in [-0.05, 0) is 12.8 Å². The van der Waals surface area contributed by atoms with E-state index in [1.54, 1.807) is 0 Å². The SMILES string of the molecule is CCCCCCCCC(=O)O[C@H](CO)[C@@H](O)[C@H](O)[C@@](O)(CO)C(=O)CCCCCCCC. The van der Waals surface area contributed by atoms with Crippen molar-refractivity contribution < 1.29 is 39.9 Å². The minimum absolute atomic E-state index is 0.0609. The van der Waals surface area contributed by atoms with Gasteiger partial charge >= 0.3 is 5.97 Å². The number of hydrogen-bond acceptors (Lipinski definition) is 8. The molecule has 0 heterocycles. The molecule has 0 aromatic carbocycles. The van der Waals surface area contributed by atoms with Crippen LogP contribution in [0.4, 0.5) is 0 Å². The maximum absolute atomic E-state index is 12.5. The molecule has 0 saturated carbocycles. The Hall–Kier alpha value is -1.06. The van der Waals surface area contributed by atoms with E-state index >= 15 is 0 Å². The van der Waals surface area contributed by atoms with Crippen LogP contribution in [0, 0.1) is 0 Å². The molecule has 190 valence electrons. The maximum Gasteiger partial charge on any atom is 0.306 e. The van der Waals surface area contributed by atoms with Crippen LogP contribution in [0.5, 0.6) is 0 Å². The van der Waals surface area contributed by atoms with Gasteiger partial charge in [-0.25, -0.2) is 0 Å². The van der Waals surface area contributed by atoms with Gasteiger partial charge in [0.1, 0.15) is 12.2 Å². The molecule has 5 N–H and O–H groups in total.